The summed E-state index contributed by atoms with van der Waals surface area (Å²) in [5.41, 5.74) is 0.0762. The molecule has 0 bridgehead atoms. The molecule has 0 aromatic carbocycles. The zero-order valence-corrected chi connectivity index (χ0v) is 11.4. The third kappa shape index (κ3) is 5.79. The van der Waals surface area contributed by atoms with E-state index in [1.165, 1.54) is 18.2 Å². The van der Waals surface area contributed by atoms with Crippen LogP contribution < -0.4 is 5.32 Å². The number of carbonyl (C=O) groups is 1. The van der Waals surface area contributed by atoms with E-state index in [1.54, 1.807) is 0 Å². The maximum Gasteiger partial charge on any atom is 0.270 e. The SMILES string of the molecule is CC(C)CC(CCO)CNC(=O)c1cccc(F)n1. The quantitative estimate of drug-likeness (QED) is 0.743. The van der Waals surface area contributed by atoms with Crippen molar-refractivity contribution >= 4 is 5.91 Å². The highest BCUT2D eigenvalue weighted by Gasteiger charge is 2.14. The van der Waals surface area contributed by atoms with E-state index >= 15 is 0 Å². The molecule has 2 N–H and O–H groups in total. The third-order valence-corrected chi connectivity index (χ3v) is 2.84. The zero-order chi connectivity index (χ0) is 14.3. The Morgan fingerprint density at radius 2 is 2.21 bits per heavy atom. The predicted molar refractivity (Wildman–Crippen MR) is 71.2 cm³/mol. The van der Waals surface area contributed by atoms with E-state index in [-0.39, 0.29) is 24.1 Å². The summed E-state index contributed by atoms with van der Waals surface area (Å²) >= 11 is 0. The van der Waals surface area contributed by atoms with Gasteiger partial charge < -0.3 is 10.4 Å². The van der Waals surface area contributed by atoms with Crippen molar-refractivity contribution in [3.8, 4) is 0 Å². The van der Waals surface area contributed by atoms with Crippen LogP contribution in [-0.4, -0.2) is 29.1 Å². The lowest BCUT2D eigenvalue weighted by atomic mass is 9.94. The summed E-state index contributed by atoms with van der Waals surface area (Å²) < 4.78 is 12.9. The van der Waals surface area contributed by atoms with Crippen molar-refractivity contribution in [2.45, 2.75) is 26.7 Å². The van der Waals surface area contributed by atoms with Gasteiger partial charge in [0.15, 0.2) is 0 Å². The second-order valence-electron chi connectivity index (χ2n) is 5.06. The molecule has 1 atom stereocenters. The first-order valence-electron chi connectivity index (χ1n) is 6.54. The molecule has 1 unspecified atom stereocenters. The van der Waals surface area contributed by atoms with Crippen molar-refractivity contribution < 1.29 is 14.3 Å². The van der Waals surface area contributed by atoms with Crippen molar-refractivity contribution in [1.82, 2.24) is 10.3 Å². The average molecular weight is 268 g/mol. The Morgan fingerprint density at radius 1 is 1.47 bits per heavy atom. The van der Waals surface area contributed by atoms with Gasteiger partial charge in [-0.1, -0.05) is 19.9 Å². The number of nitrogens with zero attached hydrogens (tertiary/aromatic N) is 1. The number of nitrogens with one attached hydrogen (secondary N) is 1. The summed E-state index contributed by atoms with van der Waals surface area (Å²) in [6, 6.07) is 4.13. The van der Waals surface area contributed by atoms with Crippen LogP contribution in [0.2, 0.25) is 0 Å². The summed E-state index contributed by atoms with van der Waals surface area (Å²) in [7, 11) is 0. The molecule has 0 spiro atoms. The maximum atomic E-state index is 12.9. The molecule has 0 aliphatic carbocycles. The van der Waals surface area contributed by atoms with Crippen molar-refractivity contribution in [2.75, 3.05) is 13.2 Å². The van der Waals surface area contributed by atoms with Crippen LogP contribution in [0.5, 0.6) is 0 Å². The zero-order valence-electron chi connectivity index (χ0n) is 11.4. The first kappa shape index (κ1) is 15.6. The van der Waals surface area contributed by atoms with Crippen molar-refractivity contribution in [1.29, 1.82) is 0 Å². The standard InChI is InChI=1S/C14H21FN2O2/c1-10(2)8-11(6-7-18)9-16-14(19)12-4-3-5-13(15)17-12/h3-5,10-11,18H,6-9H2,1-2H3,(H,16,19). The minimum Gasteiger partial charge on any atom is -0.396 e. The van der Waals surface area contributed by atoms with Gasteiger partial charge in [0.05, 0.1) is 0 Å². The lowest BCUT2D eigenvalue weighted by Gasteiger charge is -2.18. The molecular weight excluding hydrogens is 247 g/mol. The van der Waals surface area contributed by atoms with Gasteiger partial charge in [-0.3, -0.25) is 4.79 Å². The molecule has 1 amide bonds. The fraction of sp³-hybridized carbons (Fsp3) is 0.571. The number of amides is 1. The normalized spacial score (nSPS) is 12.5. The minimum atomic E-state index is -0.665. The molecule has 19 heavy (non-hydrogen) atoms. The summed E-state index contributed by atoms with van der Waals surface area (Å²) in [5.74, 6) is -0.323. The van der Waals surface area contributed by atoms with E-state index in [0.717, 1.165) is 6.42 Å². The molecule has 0 fully saturated rings. The van der Waals surface area contributed by atoms with E-state index in [4.69, 9.17) is 5.11 Å². The number of rotatable bonds is 7. The Balaban J connectivity index is 2.51. The van der Waals surface area contributed by atoms with Crippen molar-refractivity contribution in [3.63, 3.8) is 0 Å². The predicted octanol–water partition coefficient (Wildman–Crippen LogP) is 2.00. The van der Waals surface area contributed by atoms with Crippen LogP contribution in [0.1, 0.15) is 37.2 Å². The Labute approximate surface area is 113 Å². The number of carbonyl (C=O) groups excluding carboxylic acids is 1. The van der Waals surface area contributed by atoms with Gasteiger partial charge in [-0.05, 0) is 36.8 Å². The van der Waals surface area contributed by atoms with E-state index < -0.39 is 5.95 Å². The molecule has 1 rings (SSSR count). The summed E-state index contributed by atoms with van der Waals surface area (Å²) in [4.78, 5) is 15.3. The first-order chi connectivity index (χ1) is 9.02. The van der Waals surface area contributed by atoms with Crippen LogP contribution >= 0.6 is 0 Å². The molecule has 0 radical (unpaired) electrons. The molecule has 1 heterocycles. The first-order valence-corrected chi connectivity index (χ1v) is 6.54. The van der Waals surface area contributed by atoms with Crippen LogP contribution in [0.4, 0.5) is 4.39 Å². The summed E-state index contributed by atoms with van der Waals surface area (Å²) in [5, 5.41) is 11.7. The molecule has 106 valence electrons. The van der Waals surface area contributed by atoms with Crippen LogP contribution in [0, 0.1) is 17.8 Å². The fourth-order valence-corrected chi connectivity index (χ4v) is 2.01. The second kappa shape index (κ2) is 7.84. The number of halogens is 1. The highest BCUT2D eigenvalue weighted by atomic mass is 19.1. The third-order valence-electron chi connectivity index (χ3n) is 2.84. The maximum absolute atomic E-state index is 12.9. The molecule has 1 aromatic heterocycles. The van der Waals surface area contributed by atoms with E-state index in [2.05, 4.69) is 24.1 Å². The smallest absolute Gasteiger partial charge is 0.270 e. The molecule has 5 heteroatoms. The molecule has 0 aliphatic heterocycles. The minimum absolute atomic E-state index is 0.0762. The van der Waals surface area contributed by atoms with E-state index in [0.29, 0.717) is 18.9 Å². The highest BCUT2D eigenvalue weighted by Crippen LogP contribution is 2.14. The van der Waals surface area contributed by atoms with Gasteiger partial charge in [0, 0.05) is 13.2 Å². The summed E-state index contributed by atoms with van der Waals surface area (Å²) in [6.45, 7) is 4.77. The van der Waals surface area contributed by atoms with Gasteiger partial charge in [0.1, 0.15) is 5.69 Å². The van der Waals surface area contributed by atoms with Gasteiger partial charge in [-0.2, -0.15) is 4.39 Å². The monoisotopic (exact) mass is 268 g/mol. The molecule has 0 saturated heterocycles. The molecule has 0 aliphatic rings. The van der Waals surface area contributed by atoms with Crippen LogP contribution in [0.15, 0.2) is 18.2 Å². The number of aromatic nitrogens is 1. The van der Waals surface area contributed by atoms with Gasteiger partial charge >= 0.3 is 0 Å². The topological polar surface area (TPSA) is 62.2 Å². The van der Waals surface area contributed by atoms with Crippen LogP contribution in [0.3, 0.4) is 0 Å². The Bertz CT molecular complexity index is 410. The van der Waals surface area contributed by atoms with Gasteiger partial charge in [-0.25, -0.2) is 4.98 Å². The Morgan fingerprint density at radius 3 is 2.79 bits per heavy atom. The number of hydrogen-bond donors (Lipinski definition) is 2. The number of pyridine rings is 1. The van der Waals surface area contributed by atoms with Gasteiger partial charge in [-0.15, -0.1) is 0 Å². The number of aliphatic hydroxyl groups is 1. The van der Waals surface area contributed by atoms with Crippen LogP contribution in [-0.2, 0) is 0 Å². The molecule has 1 aromatic rings. The molecule has 4 nitrogen and oxygen atoms in total. The van der Waals surface area contributed by atoms with Gasteiger partial charge in [0.25, 0.3) is 5.91 Å². The van der Waals surface area contributed by atoms with Gasteiger partial charge in [0.2, 0.25) is 5.95 Å². The number of aliphatic hydroxyl groups excluding tert-OH is 1. The Hall–Kier alpha value is -1.49. The van der Waals surface area contributed by atoms with Crippen LogP contribution in [0.25, 0.3) is 0 Å². The van der Waals surface area contributed by atoms with Crippen molar-refractivity contribution in [3.05, 3.63) is 29.8 Å². The molecular formula is C14H21FN2O2. The highest BCUT2D eigenvalue weighted by molar-refractivity contribution is 5.92. The average Bonchev–Trinajstić information content (AvgIpc) is 2.35. The Kier molecular flexibility index (Phi) is 6.42. The van der Waals surface area contributed by atoms with E-state index in [9.17, 15) is 9.18 Å². The van der Waals surface area contributed by atoms with E-state index in [1.807, 2.05) is 0 Å². The lowest BCUT2D eigenvalue weighted by Crippen LogP contribution is -2.31. The second-order valence-corrected chi connectivity index (χ2v) is 5.06. The largest absolute Gasteiger partial charge is 0.396 e. The van der Waals surface area contributed by atoms with Crippen molar-refractivity contribution in [2.24, 2.45) is 11.8 Å². The number of hydrogen-bond acceptors (Lipinski definition) is 3. The fourth-order valence-electron chi connectivity index (χ4n) is 2.01. The lowest BCUT2D eigenvalue weighted by molar-refractivity contribution is 0.0935. The molecule has 0 saturated carbocycles. The summed E-state index contributed by atoms with van der Waals surface area (Å²) in [6.07, 6.45) is 1.58.